The van der Waals surface area contributed by atoms with E-state index in [1.54, 1.807) is 6.92 Å². The average molecular weight is 384 g/mol. The molecule has 5 nitrogen and oxygen atoms in total. The molecule has 1 atom stereocenters. The van der Waals surface area contributed by atoms with E-state index in [0.29, 0.717) is 12.1 Å². The van der Waals surface area contributed by atoms with Gasteiger partial charge in [-0.15, -0.1) is 0 Å². The molecular formula is C21H22F2N4O. The summed E-state index contributed by atoms with van der Waals surface area (Å²) in [5.74, 6) is -1.85. The summed E-state index contributed by atoms with van der Waals surface area (Å²) in [7, 11) is 0. The van der Waals surface area contributed by atoms with E-state index in [4.69, 9.17) is 0 Å². The Kier molecular flexibility index (Phi) is 5.73. The van der Waals surface area contributed by atoms with Gasteiger partial charge in [-0.2, -0.15) is 5.10 Å². The molecule has 0 aliphatic heterocycles. The fraction of sp³-hybridized carbons (Fsp3) is 0.238. The minimum absolute atomic E-state index is 0.306. The number of aryl methyl sites for hydroxylation is 1. The summed E-state index contributed by atoms with van der Waals surface area (Å²) in [6.07, 6.45) is 0. The second kappa shape index (κ2) is 8.21. The van der Waals surface area contributed by atoms with Crippen LogP contribution in [-0.4, -0.2) is 15.8 Å². The third-order valence-corrected chi connectivity index (χ3v) is 4.66. The highest BCUT2D eigenvalue weighted by atomic mass is 19.2. The van der Waals surface area contributed by atoms with E-state index in [0.717, 1.165) is 34.8 Å². The topological polar surface area (TPSA) is 59.0 Å². The van der Waals surface area contributed by atoms with Gasteiger partial charge >= 0.3 is 6.03 Å². The lowest BCUT2D eigenvalue weighted by Gasteiger charge is -2.15. The first-order chi connectivity index (χ1) is 13.4. The zero-order chi connectivity index (χ0) is 20.3. The van der Waals surface area contributed by atoms with Crippen LogP contribution in [-0.2, 0) is 6.54 Å². The minimum atomic E-state index is -0.939. The van der Waals surface area contributed by atoms with Crippen LogP contribution in [0.3, 0.4) is 0 Å². The molecule has 0 aliphatic carbocycles. The Morgan fingerprint density at radius 2 is 1.82 bits per heavy atom. The van der Waals surface area contributed by atoms with Gasteiger partial charge in [-0.05, 0) is 50.6 Å². The maximum absolute atomic E-state index is 13.4. The van der Waals surface area contributed by atoms with Crippen LogP contribution in [0, 0.1) is 25.5 Å². The highest BCUT2D eigenvalue weighted by Crippen LogP contribution is 2.18. The first-order valence-corrected chi connectivity index (χ1v) is 8.96. The summed E-state index contributed by atoms with van der Waals surface area (Å²) >= 11 is 0. The molecule has 0 fully saturated rings. The van der Waals surface area contributed by atoms with Crippen molar-refractivity contribution >= 4 is 6.03 Å². The van der Waals surface area contributed by atoms with Gasteiger partial charge in [-0.1, -0.05) is 24.3 Å². The van der Waals surface area contributed by atoms with Crippen molar-refractivity contribution in [1.82, 2.24) is 20.4 Å². The molecule has 2 N–H and O–H groups in total. The first kappa shape index (κ1) is 19.5. The molecule has 0 saturated carbocycles. The summed E-state index contributed by atoms with van der Waals surface area (Å²) in [6.45, 7) is 5.86. The van der Waals surface area contributed by atoms with Crippen molar-refractivity contribution in [3.05, 3.63) is 82.7 Å². The van der Waals surface area contributed by atoms with Crippen LogP contribution >= 0.6 is 0 Å². The number of benzene rings is 2. The zero-order valence-electron chi connectivity index (χ0n) is 16.0. The van der Waals surface area contributed by atoms with Crippen LogP contribution < -0.4 is 10.6 Å². The molecule has 28 heavy (non-hydrogen) atoms. The number of carbonyl (C=O) groups excluding carboxylic acids is 1. The monoisotopic (exact) mass is 384 g/mol. The molecule has 7 heteroatoms. The first-order valence-electron chi connectivity index (χ1n) is 8.96. The standard InChI is InChI=1S/C21H22F2N4O/c1-13(16-9-10-19(22)20(23)11-16)25-21(28)24-12-18-14(2)26-27(15(18)3)17-7-5-4-6-8-17/h4-11,13H,12H2,1-3H3,(H2,24,25,28). The average Bonchev–Trinajstić information content (AvgIpc) is 2.96. The third kappa shape index (κ3) is 4.19. The number of nitrogens with one attached hydrogen (secondary N) is 2. The number of rotatable bonds is 5. The minimum Gasteiger partial charge on any atom is -0.334 e. The van der Waals surface area contributed by atoms with Crippen molar-refractivity contribution in [3.63, 3.8) is 0 Å². The van der Waals surface area contributed by atoms with Gasteiger partial charge in [0.25, 0.3) is 0 Å². The Morgan fingerprint density at radius 3 is 2.50 bits per heavy atom. The van der Waals surface area contributed by atoms with Crippen molar-refractivity contribution in [2.24, 2.45) is 0 Å². The molecule has 2 aromatic carbocycles. The summed E-state index contributed by atoms with van der Waals surface area (Å²) in [6, 6.07) is 12.5. The lowest BCUT2D eigenvalue weighted by atomic mass is 10.1. The van der Waals surface area contributed by atoms with E-state index >= 15 is 0 Å². The SMILES string of the molecule is Cc1nn(-c2ccccc2)c(C)c1CNC(=O)NC(C)c1ccc(F)c(F)c1. The predicted octanol–water partition coefficient (Wildman–Crippen LogP) is 4.33. The molecule has 0 radical (unpaired) electrons. The van der Waals surface area contributed by atoms with Gasteiger partial charge < -0.3 is 10.6 Å². The van der Waals surface area contributed by atoms with Crippen LogP contribution in [0.25, 0.3) is 5.69 Å². The lowest BCUT2D eigenvalue weighted by molar-refractivity contribution is 0.237. The van der Waals surface area contributed by atoms with E-state index in [1.807, 2.05) is 48.9 Å². The van der Waals surface area contributed by atoms with Gasteiger partial charge in [-0.25, -0.2) is 18.3 Å². The van der Waals surface area contributed by atoms with Gasteiger partial charge in [0.15, 0.2) is 11.6 Å². The number of nitrogens with zero attached hydrogens (tertiary/aromatic N) is 2. The van der Waals surface area contributed by atoms with Crippen molar-refractivity contribution in [3.8, 4) is 5.69 Å². The Bertz CT molecular complexity index is 986. The molecule has 3 rings (SSSR count). The molecule has 1 aromatic heterocycles. The molecule has 3 aromatic rings. The predicted molar refractivity (Wildman–Crippen MR) is 103 cm³/mol. The third-order valence-electron chi connectivity index (χ3n) is 4.66. The summed E-state index contributed by atoms with van der Waals surface area (Å²) in [5, 5.41) is 10.1. The molecule has 1 unspecified atom stereocenters. The fourth-order valence-electron chi connectivity index (χ4n) is 3.03. The number of hydrogen-bond acceptors (Lipinski definition) is 2. The largest absolute Gasteiger partial charge is 0.334 e. The Hall–Kier alpha value is -3.22. The van der Waals surface area contributed by atoms with Gasteiger partial charge in [0.2, 0.25) is 0 Å². The highest BCUT2D eigenvalue weighted by molar-refractivity contribution is 5.74. The highest BCUT2D eigenvalue weighted by Gasteiger charge is 2.15. The van der Waals surface area contributed by atoms with E-state index in [1.165, 1.54) is 6.07 Å². The molecular weight excluding hydrogens is 362 g/mol. The van der Waals surface area contributed by atoms with Crippen molar-refractivity contribution in [2.45, 2.75) is 33.4 Å². The second-order valence-electron chi connectivity index (χ2n) is 6.62. The molecule has 0 aliphatic rings. The van der Waals surface area contributed by atoms with Crippen LogP contribution in [0.5, 0.6) is 0 Å². The Morgan fingerprint density at radius 1 is 1.11 bits per heavy atom. The second-order valence-corrected chi connectivity index (χ2v) is 6.62. The van der Waals surface area contributed by atoms with E-state index in [-0.39, 0.29) is 0 Å². The van der Waals surface area contributed by atoms with Gasteiger partial charge in [0.05, 0.1) is 17.4 Å². The smallest absolute Gasteiger partial charge is 0.315 e. The summed E-state index contributed by atoms with van der Waals surface area (Å²) < 4.78 is 28.3. The maximum atomic E-state index is 13.4. The molecule has 146 valence electrons. The van der Waals surface area contributed by atoms with Crippen molar-refractivity contribution < 1.29 is 13.6 Å². The number of carbonyl (C=O) groups is 1. The molecule has 1 heterocycles. The number of aromatic nitrogens is 2. The number of urea groups is 1. The van der Waals surface area contributed by atoms with E-state index < -0.39 is 23.7 Å². The summed E-state index contributed by atoms with van der Waals surface area (Å²) in [5.41, 5.74) is 4.14. The van der Waals surface area contributed by atoms with Crippen LogP contribution in [0.15, 0.2) is 48.5 Å². The quantitative estimate of drug-likeness (QED) is 0.688. The zero-order valence-corrected chi connectivity index (χ0v) is 16.0. The number of para-hydroxylation sites is 1. The Balaban J connectivity index is 1.65. The van der Waals surface area contributed by atoms with Gasteiger partial charge in [-0.3, -0.25) is 0 Å². The van der Waals surface area contributed by atoms with Crippen molar-refractivity contribution in [1.29, 1.82) is 0 Å². The molecule has 2 amide bonds. The van der Waals surface area contributed by atoms with E-state index in [2.05, 4.69) is 15.7 Å². The Labute approximate surface area is 162 Å². The fourth-order valence-corrected chi connectivity index (χ4v) is 3.03. The number of hydrogen-bond donors (Lipinski definition) is 2. The lowest BCUT2D eigenvalue weighted by Crippen LogP contribution is -2.36. The number of amides is 2. The van der Waals surface area contributed by atoms with Crippen molar-refractivity contribution in [2.75, 3.05) is 0 Å². The normalized spacial score (nSPS) is 11.9. The van der Waals surface area contributed by atoms with Crippen LogP contribution in [0.2, 0.25) is 0 Å². The molecule has 0 spiro atoms. The summed E-state index contributed by atoms with van der Waals surface area (Å²) in [4.78, 5) is 12.2. The van der Waals surface area contributed by atoms with Crippen LogP contribution in [0.4, 0.5) is 13.6 Å². The number of halogens is 2. The van der Waals surface area contributed by atoms with E-state index in [9.17, 15) is 13.6 Å². The van der Waals surface area contributed by atoms with Gasteiger partial charge in [0.1, 0.15) is 0 Å². The molecule has 0 bridgehead atoms. The van der Waals surface area contributed by atoms with Gasteiger partial charge in [0, 0.05) is 17.8 Å². The molecule has 0 saturated heterocycles. The van der Waals surface area contributed by atoms with Crippen LogP contribution in [0.1, 0.15) is 35.5 Å². The maximum Gasteiger partial charge on any atom is 0.315 e.